The number of methoxy groups -OCH3 is 1. The molecule has 0 aromatic carbocycles. The predicted octanol–water partition coefficient (Wildman–Crippen LogP) is 0.0515. The Kier molecular flexibility index (Phi) is 3.59. The average molecular weight is 192 g/mol. The van der Waals surface area contributed by atoms with Crippen LogP contribution >= 0.6 is 0 Å². The van der Waals surface area contributed by atoms with E-state index in [-0.39, 0.29) is 11.2 Å². The van der Waals surface area contributed by atoms with E-state index >= 15 is 0 Å². The minimum absolute atomic E-state index is 0.107. The van der Waals surface area contributed by atoms with E-state index < -0.39 is 5.95 Å². The van der Waals surface area contributed by atoms with Crippen molar-refractivity contribution in [3.8, 4) is 0 Å². The maximum Gasteiger partial charge on any atom is 0.208 e. The lowest BCUT2D eigenvalue weighted by Crippen LogP contribution is -2.47. The van der Waals surface area contributed by atoms with Crippen LogP contribution in [0.2, 0.25) is 0 Å². The van der Waals surface area contributed by atoms with Crippen LogP contribution in [0.25, 0.3) is 0 Å². The van der Waals surface area contributed by atoms with E-state index in [4.69, 9.17) is 4.74 Å². The highest BCUT2D eigenvalue weighted by atomic mass is 19.2. The largest absolute Gasteiger partial charge is 0.383 e. The van der Waals surface area contributed by atoms with Crippen LogP contribution in [-0.4, -0.2) is 31.4 Å². The van der Waals surface area contributed by atoms with Crippen molar-refractivity contribution in [3.05, 3.63) is 12.0 Å². The molecule has 74 valence electrons. The third kappa shape index (κ3) is 3.34. The maximum absolute atomic E-state index is 12.5. The van der Waals surface area contributed by atoms with Crippen LogP contribution in [-0.2, 0) is 4.74 Å². The van der Waals surface area contributed by atoms with Gasteiger partial charge in [0.1, 0.15) is 5.84 Å². The molecule has 0 saturated carbocycles. The number of ether oxygens (including phenoxy) is 1. The van der Waals surface area contributed by atoms with E-state index in [1.54, 1.807) is 5.43 Å². The van der Waals surface area contributed by atoms with Gasteiger partial charge in [-0.2, -0.15) is 4.39 Å². The van der Waals surface area contributed by atoms with Crippen molar-refractivity contribution in [1.82, 2.24) is 16.2 Å². The van der Waals surface area contributed by atoms with Gasteiger partial charge in [0.15, 0.2) is 0 Å². The summed E-state index contributed by atoms with van der Waals surface area (Å²) in [5.41, 5.74) is 3.88. The van der Waals surface area contributed by atoms with E-state index in [2.05, 4.69) is 10.4 Å². The summed E-state index contributed by atoms with van der Waals surface area (Å²) in [6.07, 6.45) is 1.05. The van der Waals surface area contributed by atoms with Crippen LogP contribution in [0.5, 0.6) is 0 Å². The monoisotopic (exact) mass is 192 g/mol. The zero-order valence-electron chi connectivity index (χ0n) is 7.05. The Balaban J connectivity index is 2.49. The Morgan fingerprint density at radius 3 is 3.00 bits per heavy atom. The van der Waals surface area contributed by atoms with Crippen LogP contribution in [0.1, 0.15) is 0 Å². The molecule has 1 heterocycles. The molecule has 0 aromatic rings. The quantitative estimate of drug-likeness (QED) is 0.377. The average Bonchev–Trinajstić information content (AvgIpc) is 2.03. The molecule has 7 heteroatoms. The van der Waals surface area contributed by atoms with Gasteiger partial charge in [0.2, 0.25) is 5.95 Å². The second kappa shape index (κ2) is 4.73. The first-order valence-electron chi connectivity index (χ1n) is 3.62. The molecule has 1 aliphatic rings. The second-order valence-corrected chi connectivity index (χ2v) is 2.26. The van der Waals surface area contributed by atoms with Gasteiger partial charge in [-0.3, -0.25) is 10.4 Å². The Morgan fingerprint density at radius 2 is 2.38 bits per heavy atom. The molecule has 0 bridgehead atoms. The van der Waals surface area contributed by atoms with E-state index in [1.165, 1.54) is 7.11 Å². The number of nitrogens with one attached hydrogen (secondary N) is 2. The highest BCUT2D eigenvalue weighted by Crippen LogP contribution is 1.99. The Hall–Kier alpha value is -1.21. The molecule has 0 unspecified atom stereocenters. The third-order valence-electron chi connectivity index (χ3n) is 1.26. The van der Waals surface area contributed by atoms with Crippen molar-refractivity contribution in [2.75, 3.05) is 20.3 Å². The molecule has 0 atom stereocenters. The number of rotatable bonds is 3. The van der Waals surface area contributed by atoms with Gasteiger partial charge in [-0.05, 0) is 0 Å². The molecule has 1 aliphatic heterocycles. The van der Waals surface area contributed by atoms with Crippen LogP contribution in [0.15, 0.2) is 17.0 Å². The molecule has 5 nitrogen and oxygen atoms in total. The fraction of sp³-hybridized carbons (Fsp3) is 0.500. The molecule has 0 radical (unpaired) electrons. The lowest BCUT2D eigenvalue weighted by molar-refractivity contribution is -0.0613. The summed E-state index contributed by atoms with van der Waals surface area (Å²) in [5, 5.41) is -0.110. The lowest BCUT2D eigenvalue weighted by Gasteiger charge is -2.19. The standard InChI is InChI=1S/C6H10F2N4O/c1-13-3-2-9-6-4-5(7)10-12(8)11-6/h4,10H,2-3H2,1H3,(H,9,11). The topological polar surface area (TPSA) is 48.9 Å². The van der Waals surface area contributed by atoms with Crippen molar-refractivity contribution < 1.29 is 13.6 Å². The first-order chi connectivity index (χ1) is 6.22. The van der Waals surface area contributed by atoms with Gasteiger partial charge in [0.05, 0.1) is 13.2 Å². The predicted molar refractivity (Wildman–Crippen MR) is 42.6 cm³/mol. The summed E-state index contributed by atoms with van der Waals surface area (Å²) in [6.45, 7) is 0.747. The number of hydrogen-bond donors (Lipinski definition) is 2. The zero-order valence-corrected chi connectivity index (χ0v) is 7.05. The SMILES string of the molecule is COCCN=C1C=C(F)NN(F)N1. The molecule has 0 aliphatic carbocycles. The fourth-order valence-corrected chi connectivity index (χ4v) is 0.745. The summed E-state index contributed by atoms with van der Waals surface area (Å²) in [6, 6.07) is 0. The fourth-order valence-electron chi connectivity index (χ4n) is 0.745. The van der Waals surface area contributed by atoms with Gasteiger partial charge in [-0.15, -0.1) is 0 Å². The van der Waals surface area contributed by atoms with Gasteiger partial charge in [0, 0.05) is 18.5 Å². The summed E-state index contributed by atoms with van der Waals surface area (Å²) in [4.78, 5) is 3.82. The lowest BCUT2D eigenvalue weighted by atomic mass is 10.5. The molecule has 0 spiro atoms. The highest BCUT2D eigenvalue weighted by molar-refractivity contribution is 5.93. The van der Waals surface area contributed by atoms with Gasteiger partial charge >= 0.3 is 0 Å². The van der Waals surface area contributed by atoms with Crippen molar-refractivity contribution in [2.45, 2.75) is 0 Å². The molecule has 2 N–H and O–H groups in total. The van der Waals surface area contributed by atoms with Crippen LogP contribution in [0.4, 0.5) is 8.87 Å². The van der Waals surface area contributed by atoms with Gasteiger partial charge < -0.3 is 4.74 Å². The molecule has 0 saturated heterocycles. The van der Waals surface area contributed by atoms with Gasteiger partial charge in [-0.25, -0.2) is 5.43 Å². The van der Waals surface area contributed by atoms with E-state index in [1.807, 2.05) is 0 Å². The molecular formula is C6H10F2N4O. The van der Waals surface area contributed by atoms with Crippen molar-refractivity contribution >= 4 is 5.84 Å². The Morgan fingerprint density at radius 1 is 1.62 bits per heavy atom. The number of nitrogens with zero attached hydrogens (tertiary/aromatic N) is 2. The summed E-state index contributed by atoms with van der Waals surface area (Å²) >= 11 is 0. The number of hydrogen-bond acceptors (Lipinski definition) is 4. The Bertz CT molecular complexity index is 231. The maximum atomic E-state index is 12.5. The molecule has 0 aromatic heterocycles. The molecule has 0 amide bonds. The van der Waals surface area contributed by atoms with Crippen molar-refractivity contribution in [1.29, 1.82) is 0 Å². The summed E-state index contributed by atoms with van der Waals surface area (Å²) in [5.74, 6) is -0.701. The molecule has 13 heavy (non-hydrogen) atoms. The van der Waals surface area contributed by atoms with Crippen LogP contribution in [0, 0.1) is 0 Å². The Labute approximate surface area is 73.9 Å². The molecule has 0 fully saturated rings. The van der Waals surface area contributed by atoms with Crippen LogP contribution < -0.4 is 10.9 Å². The second-order valence-electron chi connectivity index (χ2n) is 2.26. The number of halogens is 2. The minimum atomic E-state index is -0.808. The number of hydrazine groups is 2. The van der Waals surface area contributed by atoms with E-state index in [0.29, 0.717) is 13.2 Å². The first-order valence-corrected chi connectivity index (χ1v) is 3.62. The zero-order chi connectivity index (χ0) is 9.68. The van der Waals surface area contributed by atoms with Crippen molar-refractivity contribution in [2.24, 2.45) is 4.99 Å². The highest BCUT2D eigenvalue weighted by Gasteiger charge is 2.13. The van der Waals surface area contributed by atoms with E-state index in [9.17, 15) is 8.87 Å². The van der Waals surface area contributed by atoms with Gasteiger partial charge in [-0.1, -0.05) is 4.48 Å². The smallest absolute Gasteiger partial charge is 0.208 e. The number of amidine groups is 1. The summed E-state index contributed by atoms with van der Waals surface area (Å²) in [7, 11) is 1.52. The minimum Gasteiger partial charge on any atom is -0.383 e. The number of aliphatic imine (C=N–C) groups is 1. The normalized spacial score (nSPS) is 20.8. The third-order valence-corrected chi connectivity index (χ3v) is 1.26. The van der Waals surface area contributed by atoms with Crippen LogP contribution in [0.3, 0.4) is 0 Å². The summed E-state index contributed by atoms with van der Waals surface area (Å²) < 4.78 is 29.6. The van der Waals surface area contributed by atoms with Crippen molar-refractivity contribution in [3.63, 3.8) is 0 Å². The van der Waals surface area contributed by atoms with Gasteiger partial charge in [0.25, 0.3) is 0 Å². The molecule has 1 rings (SSSR count). The molecular weight excluding hydrogens is 182 g/mol. The van der Waals surface area contributed by atoms with E-state index in [0.717, 1.165) is 6.08 Å². The first kappa shape index (κ1) is 9.87.